The van der Waals surface area contributed by atoms with E-state index in [0.29, 0.717) is 22.2 Å². The van der Waals surface area contributed by atoms with Gasteiger partial charge in [-0.05, 0) is 39.7 Å². The molecule has 1 aliphatic carbocycles. The number of para-hydroxylation sites is 1. The number of nitrogens with one attached hydrogen (secondary N) is 1. The summed E-state index contributed by atoms with van der Waals surface area (Å²) in [5.74, 6) is 1.89. The number of methoxy groups -OCH3 is 1. The van der Waals surface area contributed by atoms with Crippen molar-refractivity contribution in [3.05, 3.63) is 46.9 Å². The molecule has 1 N–H and O–H groups in total. The highest BCUT2D eigenvalue weighted by atomic mass is 32.2. The van der Waals surface area contributed by atoms with E-state index in [2.05, 4.69) is 15.3 Å². The fourth-order valence-corrected chi connectivity index (χ4v) is 4.07. The van der Waals surface area contributed by atoms with E-state index < -0.39 is 0 Å². The van der Waals surface area contributed by atoms with Crippen molar-refractivity contribution >= 4 is 23.5 Å². The number of Topliss-reactive ketones (excluding diaryl/α,β-unsaturated/α-hetero) is 1. The Labute approximate surface area is 169 Å². The highest BCUT2D eigenvalue weighted by molar-refractivity contribution is 8.00. The van der Waals surface area contributed by atoms with E-state index in [4.69, 9.17) is 4.74 Å². The number of aryl methyl sites for hydroxylation is 1. The van der Waals surface area contributed by atoms with Gasteiger partial charge in [0, 0.05) is 11.5 Å². The number of ketones is 1. The average Bonchev–Trinajstić information content (AvgIpc) is 3.50. The van der Waals surface area contributed by atoms with Crippen LogP contribution in [0, 0.1) is 6.92 Å². The number of amides is 1. The summed E-state index contributed by atoms with van der Waals surface area (Å²) in [5.41, 5.74) is 2.12. The highest BCUT2D eigenvalue weighted by Gasteiger charge is 2.29. The summed E-state index contributed by atoms with van der Waals surface area (Å²) in [6, 6.07) is 7.42. The van der Waals surface area contributed by atoms with E-state index in [0.717, 1.165) is 30.0 Å². The smallest absolute Gasteiger partial charge is 0.230 e. The number of ether oxygens (including phenoxy) is 1. The summed E-state index contributed by atoms with van der Waals surface area (Å²) in [5, 5.41) is 3.59. The molecule has 1 amide bonds. The maximum absolute atomic E-state index is 12.5. The number of carbonyl (C=O) groups is 2. The van der Waals surface area contributed by atoms with Gasteiger partial charge < -0.3 is 10.1 Å². The Hall–Kier alpha value is -2.41. The normalized spacial score (nSPS) is 14.4. The van der Waals surface area contributed by atoms with Crippen molar-refractivity contribution in [1.82, 2.24) is 15.3 Å². The zero-order valence-corrected chi connectivity index (χ0v) is 17.4. The summed E-state index contributed by atoms with van der Waals surface area (Å²) < 4.78 is 5.36. The Balaban J connectivity index is 1.69. The summed E-state index contributed by atoms with van der Waals surface area (Å²) in [4.78, 5) is 33.6. The average molecular weight is 400 g/mol. The van der Waals surface area contributed by atoms with Crippen molar-refractivity contribution in [3.8, 4) is 5.75 Å². The fourth-order valence-electron chi connectivity index (χ4n) is 3.12. The van der Waals surface area contributed by atoms with Crippen LogP contribution in [0.3, 0.4) is 0 Å². The van der Waals surface area contributed by atoms with Crippen molar-refractivity contribution < 1.29 is 14.3 Å². The molecule has 28 heavy (non-hydrogen) atoms. The van der Waals surface area contributed by atoms with Crippen LogP contribution in [-0.2, 0) is 4.79 Å². The maximum atomic E-state index is 12.5. The van der Waals surface area contributed by atoms with Gasteiger partial charge in [0.1, 0.15) is 16.6 Å². The lowest BCUT2D eigenvalue weighted by molar-refractivity contribution is -0.119. The Kier molecular flexibility index (Phi) is 6.34. The van der Waals surface area contributed by atoms with Crippen LogP contribution < -0.4 is 10.1 Å². The third-order valence-corrected chi connectivity index (χ3v) is 5.67. The number of hydrogen-bond donors (Lipinski definition) is 1. The number of nitrogens with zero attached hydrogens (tertiary/aromatic N) is 2. The lowest BCUT2D eigenvalue weighted by Gasteiger charge is -2.17. The second-order valence-electron chi connectivity index (χ2n) is 7.00. The molecule has 3 rings (SSSR count). The minimum atomic E-state index is -0.189. The molecule has 7 heteroatoms. The van der Waals surface area contributed by atoms with Crippen molar-refractivity contribution in [2.24, 2.45) is 0 Å². The van der Waals surface area contributed by atoms with Crippen LogP contribution in [0.4, 0.5) is 0 Å². The molecular weight excluding hydrogens is 374 g/mol. The third-order valence-electron chi connectivity index (χ3n) is 4.69. The number of hydrogen-bond acceptors (Lipinski definition) is 6. The van der Waals surface area contributed by atoms with E-state index in [-0.39, 0.29) is 23.5 Å². The quantitative estimate of drug-likeness (QED) is 0.413. The molecule has 0 bridgehead atoms. The van der Waals surface area contributed by atoms with Gasteiger partial charge in [-0.25, -0.2) is 9.97 Å². The van der Waals surface area contributed by atoms with Crippen molar-refractivity contribution in [1.29, 1.82) is 0 Å². The third kappa shape index (κ3) is 4.70. The zero-order valence-electron chi connectivity index (χ0n) is 16.6. The van der Waals surface area contributed by atoms with Crippen LogP contribution in [0.15, 0.2) is 29.3 Å². The molecule has 1 aromatic carbocycles. The second kappa shape index (κ2) is 8.73. The molecule has 1 atom stereocenters. The monoisotopic (exact) mass is 399 g/mol. The number of thioether (sulfide) groups is 1. The van der Waals surface area contributed by atoms with Gasteiger partial charge in [0.25, 0.3) is 0 Å². The standard InChI is InChI=1S/C21H25N3O3S/c1-12(16-7-5-6-8-17(16)27-4)22-18(26)11-28-21-19(14(3)25)13(2)23-20(24-21)15-9-10-15/h5-8,12,15H,9-11H2,1-4H3,(H,22,26). The number of aromatic nitrogens is 2. The van der Waals surface area contributed by atoms with Crippen LogP contribution in [-0.4, -0.2) is 34.5 Å². The predicted molar refractivity (Wildman–Crippen MR) is 109 cm³/mol. The highest BCUT2D eigenvalue weighted by Crippen LogP contribution is 2.39. The largest absolute Gasteiger partial charge is 0.496 e. The van der Waals surface area contributed by atoms with Gasteiger partial charge in [-0.15, -0.1) is 0 Å². The fraction of sp³-hybridized carbons (Fsp3) is 0.429. The molecule has 0 saturated heterocycles. The topological polar surface area (TPSA) is 81.2 Å². The molecule has 148 valence electrons. The molecule has 0 spiro atoms. The van der Waals surface area contributed by atoms with Crippen LogP contribution >= 0.6 is 11.8 Å². The van der Waals surface area contributed by atoms with Crippen LogP contribution in [0.2, 0.25) is 0 Å². The Morgan fingerprint density at radius 2 is 2.00 bits per heavy atom. The van der Waals surface area contributed by atoms with E-state index in [1.165, 1.54) is 18.7 Å². The molecule has 1 saturated carbocycles. The first-order valence-electron chi connectivity index (χ1n) is 9.35. The molecule has 6 nitrogen and oxygen atoms in total. The molecule has 1 fully saturated rings. The van der Waals surface area contributed by atoms with E-state index in [1.807, 2.05) is 38.1 Å². The van der Waals surface area contributed by atoms with Crippen molar-refractivity contribution in [2.45, 2.75) is 50.6 Å². The van der Waals surface area contributed by atoms with Gasteiger partial charge >= 0.3 is 0 Å². The van der Waals surface area contributed by atoms with Gasteiger partial charge in [0.05, 0.1) is 30.2 Å². The summed E-state index contributed by atoms with van der Waals surface area (Å²) >= 11 is 1.29. The summed E-state index contributed by atoms with van der Waals surface area (Å²) in [6.07, 6.45) is 2.17. The Morgan fingerprint density at radius 3 is 2.64 bits per heavy atom. The first kappa shape index (κ1) is 20.3. The Bertz CT molecular complexity index is 896. The van der Waals surface area contributed by atoms with Gasteiger partial charge in [0.15, 0.2) is 5.78 Å². The number of benzene rings is 1. The van der Waals surface area contributed by atoms with Gasteiger partial charge in [-0.2, -0.15) is 0 Å². The van der Waals surface area contributed by atoms with Gasteiger partial charge in [-0.3, -0.25) is 9.59 Å². The maximum Gasteiger partial charge on any atom is 0.230 e. The number of rotatable bonds is 8. The SMILES string of the molecule is COc1ccccc1C(C)NC(=O)CSc1nc(C2CC2)nc(C)c1C(C)=O. The van der Waals surface area contributed by atoms with Crippen molar-refractivity contribution in [2.75, 3.05) is 12.9 Å². The molecule has 0 radical (unpaired) electrons. The molecule has 0 aliphatic heterocycles. The molecule has 1 aromatic heterocycles. The van der Waals surface area contributed by atoms with Gasteiger partial charge in [0.2, 0.25) is 5.91 Å². The lowest BCUT2D eigenvalue weighted by Crippen LogP contribution is -2.28. The molecule has 2 aromatic rings. The zero-order chi connectivity index (χ0) is 20.3. The minimum absolute atomic E-state index is 0.0786. The summed E-state index contributed by atoms with van der Waals surface area (Å²) in [6.45, 7) is 5.26. The van der Waals surface area contributed by atoms with Crippen LogP contribution in [0.25, 0.3) is 0 Å². The van der Waals surface area contributed by atoms with Crippen LogP contribution in [0.5, 0.6) is 5.75 Å². The first-order chi connectivity index (χ1) is 13.4. The van der Waals surface area contributed by atoms with E-state index in [9.17, 15) is 9.59 Å². The molecule has 1 heterocycles. The minimum Gasteiger partial charge on any atom is -0.496 e. The molecular formula is C21H25N3O3S. The predicted octanol–water partition coefficient (Wildman–Crippen LogP) is 3.84. The van der Waals surface area contributed by atoms with Crippen molar-refractivity contribution in [3.63, 3.8) is 0 Å². The van der Waals surface area contributed by atoms with Crippen LogP contribution in [0.1, 0.15) is 66.1 Å². The first-order valence-corrected chi connectivity index (χ1v) is 10.3. The number of carbonyl (C=O) groups excluding carboxylic acids is 2. The molecule has 1 unspecified atom stereocenters. The van der Waals surface area contributed by atoms with Gasteiger partial charge in [-0.1, -0.05) is 30.0 Å². The second-order valence-corrected chi connectivity index (χ2v) is 7.96. The lowest BCUT2D eigenvalue weighted by atomic mass is 10.1. The summed E-state index contributed by atoms with van der Waals surface area (Å²) in [7, 11) is 1.61. The van der Waals surface area contributed by atoms with E-state index >= 15 is 0 Å². The molecule has 1 aliphatic rings. The van der Waals surface area contributed by atoms with E-state index in [1.54, 1.807) is 7.11 Å². The Morgan fingerprint density at radius 1 is 1.29 bits per heavy atom.